The molecule has 5 nitrogen and oxygen atoms in total. The lowest BCUT2D eigenvalue weighted by atomic mass is 9.96. The van der Waals surface area contributed by atoms with Gasteiger partial charge in [0.05, 0.1) is 18.5 Å². The summed E-state index contributed by atoms with van der Waals surface area (Å²) < 4.78 is 7.07. The fraction of sp³-hybridized carbons (Fsp3) is 0.263. The van der Waals surface area contributed by atoms with Gasteiger partial charge in [-0.25, -0.2) is 9.78 Å². The van der Waals surface area contributed by atoms with Gasteiger partial charge in [-0.1, -0.05) is 48.2 Å². The normalized spacial score (nSPS) is 16.3. The van der Waals surface area contributed by atoms with E-state index in [1.807, 2.05) is 18.2 Å². The van der Waals surface area contributed by atoms with Gasteiger partial charge < -0.3 is 9.30 Å². The Bertz CT molecular complexity index is 871. The number of hydrogen-bond donors (Lipinski definition) is 0. The molecule has 6 heteroatoms. The van der Waals surface area contributed by atoms with Gasteiger partial charge in [-0.15, -0.1) is 0 Å². The van der Waals surface area contributed by atoms with Gasteiger partial charge in [0.1, 0.15) is 0 Å². The van der Waals surface area contributed by atoms with Crippen LogP contribution in [-0.2, 0) is 11.3 Å². The fourth-order valence-corrected chi connectivity index (χ4v) is 4.23. The van der Waals surface area contributed by atoms with Crippen molar-refractivity contribution in [2.24, 2.45) is 0 Å². The number of nitrogens with zero attached hydrogens (tertiary/aromatic N) is 3. The van der Waals surface area contributed by atoms with Crippen LogP contribution in [-0.4, -0.2) is 33.4 Å². The van der Waals surface area contributed by atoms with Gasteiger partial charge in [-0.3, -0.25) is 4.90 Å². The molecule has 2 aliphatic heterocycles. The molecule has 0 radical (unpaired) electrons. The van der Waals surface area contributed by atoms with Crippen LogP contribution in [0, 0.1) is 6.92 Å². The summed E-state index contributed by atoms with van der Waals surface area (Å²) in [6, 6.07) is 8.34. The Kier molecular flexibility index (Phi) is 4.13. The number of fused-ring (bicyclic) bond motifs is 1. The lowest BCUT2D eigenvalue weighted by Crippen LogP contribution is -2.22. The molecule has 0 N–H and O–H groups in total. The van der Waals surface area contributed by atoms with Gasteiger partial charge in [-0.05, 0) is 12.5 Å². The first-order chi connectivity index (χ1) is 12.2. The third-order valence-electron chi connectivity index (χ3n) is 4.53. The highest BCUT2D eigenvalue weighted by Crippen LogP contribution is 2.39. The molecule has 1 aromatic heterocycles. The van der Waals surface area contributed by atoms with Gasteiger partial charge in [0.2, 0.25) is 0 Å². The maximum absolute atomic E-state index is 11.7. The van der Waals surface area contributed by atoms with Crippen molar-refractivity contribution in [2.75, 3.05) is 12.9 Å². The molecule has 0 atom stereocenters. The topological polar surface area (TPSA) is 47.4 Å². The molecule has 0 bridgehead atoms. The Morgan fingerprint density at radius 2 is 2.04 bits per heavy atom. The van der Waals surface area contributed by atoms with Crippen LogP contribution in [0.15, 0.2) is 54.0 Å². The molecule has 2 aromatic rings. The van der Waals surface area contributed by atoms with Crippen LogP contribution in [0.5, 0.6) is 0 Å². The highest BCUT2D eigenvalue weighted by Gasteiger charge is 2.28. The first-order valence-corrected chi connectivity index (χ1v) is 9.19. The van der Waals surface area contributed by atoms with Gasteiger partial charge in [0.15, 0.2) is 5.16 Å². The average molecular weight is 353 g/mol. The van der Waals surface area contributed by atoms with E-state index in [2.05, 4.69) is 29.7 Å². The summed E-state index contributed by atoms with van der Waals surface area (Å²) in [5.74, 6) is 1.13. The summed E-state index contributed by atoms with van der Waals surface area (Å²) in [6.07, 6.45) is 7.18. The third-order valence-corrected chi connectivity index (χ3v) is 5.48. The predicted octanol–water partition coefficient (Wildman–Crippen LogP) is 4.16. The van der Waals surface area contributed by atoms with Crippen molar-refractivity contribution in [2.45, 2.75) is 24.5 Å². The number of amides is 1. The summed E-state index contributed by atoms with van der Waals surface area (Å²) in [4.78, 5) is 18.0. The molecule has 0 fully saturated rings. The van der Waals surface area contributed by atoms with Crippen molar-refractivity contribution in [3.05, 3.63) is 60.1 Å². The number of methoxy groups -OCH3 is 1. The molecule has 128 valence electrons. The smallest absolute Gasteiger partial charge is 0.417 e. The second-order valence-corrected chi connectivity index (χ2v) is 7.09. The second-order valence-electron chi connectivity index (χ2n) is 6.03. The minimum atomic E-state index is -0.390. The number of imidazole rings is 1. The minimum absolute atomic E-state index is 0.0791. The zero-order valence-corrected chi connectivity index (χ0v) is 15.0. The number of carbonyl (C=O) groups excluding carboxylic acids is 1. The summed E-state index contributed by atoms with van der Waals surface area (Å²) in [7, 11) is 1.38. The number of aryl methyl sites for hydroxylation is 1. The number of ether oxygens (including phenoxy) is 1. The van der Waals surface area contributed by atoms with Crippen LogP contribution in [0.25, 0.3) is 11.3 Å². The Balaban J connectivity index is 1.77. The van der Waals surface area contributed by atoms with E-state index in [1.165, 1.54) is 23.3 Å². The lowest BCUT2D eigenvalue weighted by molar-refractivity contribution is 0.151. The molecule has 1 amide bonds. The van der Waals surface area contributed by atoms with E-state index < -0.39 is 0 Å². The Morgan fingerprint density at radius 1 is 1.28 bits per heavy atom. The maximum Gasteiger partial charge on any atom is 0.417 e. The first kappa shape index (κ1) is 16.0. The van der Waals surface area contributed by atoms with Crippen LogP contribution in [0.2, 0.25) is 0 Å². The molecule has 0 spiro atoms. The van der Waals surface area contributed by atoms with E-state index in [-0.39, 0.29) is 12.0 Å². The second kappa shape index (κ2) is 6.44. The Labute approximate surface area is 151 Å². The summed E-state index contributed by atoms with van der Waals surface area (Å²) in [5.41, 5.74) is 4.60. The van der Waals surface area contributed by atoms with Crippen molar-refractivity contribution in [1.82, 2.24) is 14.5 Å². The quantitative estimate of drug-likeness (QED) is 0.813. The van der Waals surface area contributed by atoms with Crippen LogP contribution < -0.4 is 0 Å². The molecular formula is C19H19N3O2S. The van der Waals surface area contributed by atoms with Crippen LogP contribution in [0.1, 0.15) is 17.2 Å². The number of allylic oxidation sites excluding steroid dienone is 2. The van der Waals surface area contributed by atoms with Crippen molar-refractivity contribution in [3.63, 3.8) is 0 Å². The highest BCUT2D eigenvalue weighted by molar-refractivity contribution is 7.99. The van der Waals surface area contributed by atoms with Crippen molar-refractivity contribution < 1.29 is 9.53 Å². The average Bonchev–Trinajstić information content (AvgIpc) is 3.22. The van der Waals surface area contributed by atoms with Gasteiger partial charge in [0.25, 0.3) is 0 Å². The molecule has 0 saturated heterocycles. The SMILES string of the molecule is COC(=O)N1C=CC(c2c(-c3ccccc3C)nc3n2CCS3)C=C1. The Hall–Kier alpha value is -2.47. The molecule has 4 rings (SSSR count). The number of rotatable bonds is 2. The van der Waals surface area contributed by atoms with Gasteiger partial charge >= 0.3 is 6.09 Å². The molecule has 0 unspecified atom stereocenters. The van der Waals surface area contributed by atoms with Gasteiger partial charge in [0, 0.05) is 36.2 Å². The van der Waals surface area contributed by atoms with E-state index in [9.17, 15) is 4.79 Å². The standard InChI is InChI=1S/C19H19N3O2S/c1-13-5-3-4-6-15(13)16-17(22-11-12-25-18(22)20-16)14-7-9-21(10-8-14)19(23)24-2/h3-10,14H,11-12H2,1-2H3. The minimum Gasteiger partial charge on any atom is -0.452 e. The molecule has 0 saturated carbocycles. The van der Waals surface area contributed by atoms with E-state index in [4.69, 9.17) is 9.72 Å². The number of aromatic nitrogens is 2. The first-order valence-electron chi connectivity index (χ1n) is 8.21. The van der Waals surface area contributed by atoms with Gasteiger partial charge in [-0.2, -0.15) is 0 Å². The number of benzene rings is 1. The number of hydrogen-bond acceptors (Lipinski definition) is 4. The molecule has 2 aliphatic rings. The summed E-state index contributed by atoms with van der Waals surface area (Å²) >= 11 is 1.80. The summed E-state index contributed by atoms with van der Waals surface area (Å²) in [6.45, 7) is 3.08. The monoisotopic (exact) mass is 353 g/mol. The zero-order chi connectivity index (χ0) is 17.4. The summed E-state index contributed by atoms with van der Waals surface area (Å²) in [5, 5.41) is 1.07. The van der Waals surface area contributed by atoms with E-state index in [1.54, 1.807) is 24.2 Å². The molecule has 3 heterocycles. The van der Waals surface area contributed by atoms with Crippen molar-refractivity contribution >= 4 is 17.9 Å². The molecule has 25 heavy (non-hydrogen) atoms. The lowest BCUT2D eigenvalue weighted by Gasteiger charge is -2.21. The third kappa shape index (κ3) is 2.76. The molecule has 0 aliphatic carbocycles. The Morgan fingerprint density at radius 3 is 2.76 bits per heavy atom. The van der Waals surface area contributed by atoms with Crippen LogP contribution >= 0.6 is 11.8 Å². The maximum atomic E-state index is 11.7. The van der Waals surface area contributed by atoms with E-state index in [0.717, 1.165) is 28.7 Å². The molecule has 1 aromatic carbocycles. The van der Waals surface area contributed by atoms with E-state index >= 15 is 0 Å². The number of thioether (sulfide) groups is 1. The van der Waals surface area contributed by atoms with Crippen LogP contribution in [0.4, 0.5) is 4.79 Å². The van der Waals surface area contributed by atoms with Crippen molar-refractivity contribution in [1.29, 1.82) is 0 Å². The van der Waals surface area contributed by atoms with E-state index in [0.29, 0.717) is 0 Å². The van der Waals surface area contributed by atoms with Crippen LogP contribution in [0.3, 0.4) is 0 Å². The fourth-order valence-electron chi connectivity index (χ4n) is 3.27. The largest absolute Gasteiger partial charge is 0.452 e. The zero-order valence-electron chi connectivity index (χ0n) is 14.2. The number of carbonyl (C=O) groups is 1. The molecular weight excluding hydrogens is 334 g/mol. The van der Waals surface area contributed by atoms with Crippen molar-refractivity contribution in [3.8, 4) is 11.3 Å². The predicted molar refractivity (Wildman–Crippen MR) is 98.4 cm³/mol. The highest BCUT2D eigenvalue weighted by atomic mass is 32.2.